The summed E-state index contributed by atoms with van der Waals surface area (Å²) in [4.78, 5) is 19.0. The van der Waals surface area contributed by atoms with E-state index in [0.29, 0.717) is 0 Å². The number of hydrogen-bond acceptors (Lipinski definition) is 5. The topological polar surface area (TPSA) is 62.0 Å². The predicted octanol–water partition coefficient (Wildman–Crippen LogP) is 2.18. The summed E-state index contributed by atoms with van der Waals surface area (Å²) in [6, 6.07) is 10.5. The quantitative estimate of drug-likeness (QED) is 0.740. The number of ether oxygens (including phenoxy) is 1. The van der Waals surface area contributed by atoms with Gasteiger partial charge in [-0.2, -0.15) is 0 Å². The molecule has 6 nitrogen and oxygen atoms in total. The van der Waals surface area contributed by atoms with E-state index in [2.05, 4.69) is 55.0 Å². The lowest BCUT2D eigenvalue weighted by Gasteiger charge is -2.39. The monoisotopic (exact) mass is 388 g/mol. The lowest BCUT2D eigenvalue weighted by atomic mass is 9.90. The second-order valence-electron chi connectivity index (χ2n) is 9.28. The lowest BCUT2D eigenvalue weighted by Crippen LogP contribution is -2.52. The number of carbonyl (C=O) groups excluding carboxylic acids is 1. The summed E-state index contributed by atoms with van der Waals surface area (Å²) in [5, 5.41) is 0. The molecule has 6 heteroatoms. The Morgan fingerprint density at radius 2 is 1.86 bits per heavy atom. The third-order valence-corrected chi connectivity index (χ3v) is 5.82. The Hall–Kier alpha value is -1.63. The molecule has 0 saturated carbocycles. The minimum atomic E-state index is -0.297. The minimum absolute atomic E-state index is 0.149. The highest BCUT2D eigenvalue weighted by Gasteiger charge is 2.46. The number of amides is 1. The van der Waals surface area contributed by atoms with E-state index >= 15 is 0 Å². The Bertz CT molecular complexity index is 636. The highest BCUT2D eigenvalue weighted by atomic mass is 16.6. The summed E-state index contributed by atoms with van der Waals surface area (Å²) >= 11 is 0. The maximum Gasteiger partial charge on any atom is 0.410 e. The summed E-state index contributed by atoms with van der Waals surface area (Å²) in [7, 11) is 2.12. The van der Waals surface area contributed by atoms with Gasteiger partial charge in [-0.05, 0) is 32.9 Å². The summed E-state index contributed by atoms with van der Waals surface area (Å²) in [5.41, 5.74) is 7.01. The largest absolute Gasteiger partial charge is 0.441 e. The zero-order chi connectivity index (χ0) is 20.2. The van der Waals surface area contributed by atoms with Crippen LogP contribution in [-0.4, -0.2) is 84.8 Å². The van der Waals surface area contributed by atoms with Gasteiger partial charge in [0.25, 0.3) is 0 Å². The number of carbonyl (C=O) groups is 1. The van der Waals surface area contributed by atoms with Gasteiger partial charge in [-0.3, -0.25) is 0 Å². The molecule has 0 unspecified atom stereocenters. The Morgan fingerprint density at radius 1 is 1.18 bits per heavy atom. The van der Waals surface area contributed by atoms with Crippen LogP contribution >= 0.6 is 0 Å². The first-order valence-electron chi connectivity index (χ1n) is 10.5. The van der Waals surface area contributed by atoms with Gasteiger partial charge in [0.15, 0.2) is 0 Å². The molecule has 156 valence electrons. The van der Waals surface area contributed by atoms with Gasteiger partial charge in [-0.25, -0.2) is 4.79 Å². The molecule has 1 amide bonds. The van der Waals surface area contributed by atoms with Crippen molar-refractivity contribution in [3.05, 3.63) is 35.9 Å². The average molecular weight is 389 g/mol. The number of nitrogens with two attached hydrogens (primary N) is 1. The molecule has 28 heavy (non-hydrogen) atoms. The Kier molecular flexibility index (Phi) is 6.63. The van der Waals surface area contributed by atoms with Gasteiger partial charge in [-0.1, -0.05) is 30.3 Å². The SMILES string of the molecule is CN(CCc1ccccc1)CCN1CC2(CCN(CC(C)(C)N)CC2)OC1=O. The number of nitrogens with zero attached hydrogens (tertiary/aromatic N) is 3. The minimum Gasteiger partial charge on any atom is -0.441 e. The van der Waals surface area contributed by atoms with Crippen LogP contribution in [0.15, 0.2) is 30.3 Å². The lowest BCUT2D eigenvalue weighted by molar-refractivity contribution is -0.00291. The molecule has 2 heterocycles. The van der Waals surface area contributed by atoms with E-state index in [4.69, 9.17) is 10.5 Å². The highest BCUT2D eigenvalue weighted by Crippen LogP contribution is 2.33. The number of likely N-dealkylation sites (N-methyl/N-ethyl adjacent to an activating group) is 1. The summed E-state index contributed by atoms with van der Waals surface area (Å²) in [6.07, 6.45) is 2.67. The molecule has 0 aromatic heterocycles. The third kappa shape index (κ3) is 5.93. The standard InChI is InChI=1S/C22H36N4O2/c1-21(2,23)17-25-13-10-22(11-14-25)18-26(20(27)28-22)16-15-24(3)12-9-19-7-5-4-6-8-19/h4-8H,9-18,23H2,1-3H3. The Morgan fingerprint density at radius 3 is 2.50 bits per heavy atom. The molecule has 2 aliphatic heterocycles. The third-order valence-electron chi connectivity index (χ3n) is 5.82. The van der Waals surface area contributed by atoms with E-state index in [9.17, 15) is 4.79 Å². The molecule has 0 aliphatic carbocycles. The molecule has 1 spiro atoms. The number of benzene rings is 1. The van der Waals surface area contributed by atoms with Crippen LogP contribution < -0.4 is 5.73 Å². The summed E-state index contributed by atoms with van der Waals surface area (Å²) in [6.45, 7) is 10.2. The summed E-state index contributed by atoms with van der Waals surface area (Å²) < 4.78 is 5.85. The number of likely N-dealkylation sites (tertiary alicyclic amines) is 1. The molecule has 1 aromatic rings. The molecule has 2 saturated heterocycles. The van der Waals surface area contributed by atoms with Crippen LogP contribution in [0.3, 0.4) is 0 Å². The molecule has 2 aliphatic rings. The van der Waals surface area contributed by atoms with E-state index in [0.717, 1.165) is 65.1 Å². The van der Waals surface area contributed by atoms with Gasteiger partial charge < -0.3 is 25.2 Å². The smallest absolute Gasteiger partial charge is 0.410 e. The molecule has 0 radical (unpaired) electrons. The summed E-state index contributed by atoms with van der Waals surface area (Å²) in [5.74, 6) is 0. The van der Waals surface area contributed by atoms with Crippen molar-refractivity contribution in [1.29, 1.82) is 0 Å². The molecule has 1 aromatic carbocycles. The van der Waals surface area contributed by atoms with Crippen LogP contribution in [-0.2, 0) is 11.2 Å². The van der Waals surface area contributed by atoms with Crippen LogP contribution in [0.5, 0.6) is 0 Å². The van der Waals surface area contributed by atoms with Crippen molar-refractivity contribution in [3.8, 4) is 0 Å². The average Bonchev–Trinajstić information content (AvgIpc) is 2.95. The van der Waals surface area contributed by atoms with Crippen molar-refractivity contribution in [1.82, 2.24) is 14.7 Å². The zero-order valence-corrected chi connectivity index (χ0v) is 17.7. The van der Waals surface area contributed by atoms with Gasteiger partial charge in [0, 0.05) is 57.6 Å². The van der Waals surface area contributed by atoms with E-state index in [1.54, 1.807) is 0 Å². The van der Waals surface area contributed by atoms with Gasteiger partial charge in [-0.15, -0.1) is 0 Å². The molecular formula is C22H36N4O2. The Balaban J connectivity index is 1.41. The normalized spacial score (nSPS) is 20.2. The van der Waals surface area contributed by atoms with Gasteiger partial charge in [0.1, 0.15) is 5.60 Å². The number of hydrogen-bond donors (Lipinski definition) is 1. The van der Waals surface area contributed by atoms with Crippen molar-refractivity contribution < 1.29 is 9.53 Å². The second kappa shape index (κ2) is 8.80. The fourth-order valence-electron chi connectivity index (χ4n) is 4.19. The molecule has 2 fully saturated rings. The van der Waals surface area contributed by atoms with Gasteiger partial charge in [0.05, 0.1) is 6.54 Å². The Labute approximate surface area is 169 Å². The van der Waals surface area contributed by atoms with Crippen LogP contribution in [0.4, 0.5) is 4.79 Å². The van der Waals surface area contributed by atoms with E-state index in [-0.39, 0.29) is 17.2 Å². The highest BCUT2D eigenvalue weighted by molar-refractivity contribution is 5.70. The van der Waals surface area contributed by atoms with Gasteiger partial charge >= 0.3 is 6.09 Å². The fraction of sp³-hybridized carbons (Fsp3) is 0.682. The number of rotatable bonds is 8. The van der Waals surface area contributed by atoms with E-state index in [1.807, 2.05) is 11.0 Å². The molecule has 3 rings (SSSR count). The fourth-order valence-corrected chi connectivity index (χ4v) is 4.19. The van der Waals surface area contributed by atoms with E-state index in [1.165, 1.54) is 5.56 Å². The molecular weight excluding hydrogens is 352 g/mol. The van der Waals surface area contributed by atoms with Crippen molar-refractivity contribution >= 4 is 6.09 Å². The van der Waals surface area contributed by atoms with Crippen molar-refractivity contribution in [2.75, 3.05) is 52.9 Å². The zero-order valence-electron chi connectivity index (χ0n) is 17.7. The second-order valence-corrected chi connectivity index (χ2v) is 9.28. The van der Waals surface area contributed by atoms with Gasteiger partial charge in [0.2, 0.25) is 0 Å². The maximum atomic E-state index is 12.4. The van der Waals surface area contributed by atoms with E-state index < -0.39 is 0 Å². The van der Waals surface area contributed by atoms with Crippen LogP contribution in [0.1, 0.15) is 32.3 Å². The van der Waals surface area contributed by atoms with Crippen molar-refractivity contribution in [2.45, 2.75) is 44.2 Å². The first kappa shape index (κ1) is 21.1. The first-order chi connectivity index (χ1) is 13.2. The first-order valence-corrected chi connectivity index (χ1v) is 10.5. The molecule has 2 N–H and O–H groups in total. The van der Waals surface area contributed by atoms with Crippen LogP contribution in [0.25, 0.3) is 0 Å². The molecule has 0 bridgehead atoms. The number of piperidine rings is 1. The van der Waals surface area contributed by atoms with Crippen LogP contribution in [0, 0.1) is 0 Å². The predicted molar refractivity (Wildman–Crippen MR) is 112 cm³/mol. The van der Waals surface area contributed by atoms with Crippen molar-refractivity contribution in [2.24, 2.45) is 5.73 Å². The maximum absolute atomic E-state index is 12.4. The molecule has 0 atom stereocenters. The van der Waals surface area contributed by atoms with Crippen LogP contribution in [0.2, 0.25) is 0 Å². The van der Waals surface area contributed by atoms with Crippen molar-refractivity contribution in [3.63, 3.8) is 0 Å².